The summed E-state index contributed by atoms with van der Waals surface area (Å²) in [7, 11) is 0. The lowest BCUT2D eigenvalue weighted by Crippen LogP contribution is -2.50. The molecule has 0 aliphatic carbocycles. The monoisotopic (exact) mass is 456 g/mol. The number of rotatable bonds is 4. The number of carbonyl (C=O) groups is 3. The first-order valence-electron chi connectivity index (χ1n) is 11.2. The topological polar surface area (TPSA) is 82.6 Å². The summed E-state index contributed by atoms with van der Waals surface area (Å²) >= 11 is 0. The van der Waals surface area contributed by atoms with Crippen LogP contribution in [-0.4, -0.2) is 64.7 Å². The summed E-state index contributed by atoms with van der Waals surface area (Å²) in [6.45, 7) is 1.83. The highest BCUT2D eigenvalue weighted by molar-refractivity contribution is 5.95. The number of carbonyl (C=O) groups excluding carboxylic acids is 3. The normalized spacial score (nSPS) is 17.6. The van der Waals surface area contributed by atoms with Gasteiger partial charge in [-0.05, 0) is 49.9 Å². The van der Waals surface area contributed by atoms with E-state index in [1.54, 1.807) is 18.3 Å². The first-order chi connectivity index (χ1) is 15.9. The molecule has 2 saturated heterocycles. The number of nitrogens with zero attached hydrogens (tertiary/aromatic N) is 3. The van der Waals surface area contributed by atoms with Gasteiger partial charge < -0.3 is 15.1 Å². The van der Waals surface area contributed by atoms with Crippen LogP contribution in [0.3, 0.4) is 0 Å². The smallest absolute Gasteiger partial charge is 0.256 e. The Morgan fingerprint density at radius 3 is 2.27 bits per heavy atom. The molecule has 174 valence electrons. The lowest BCUT2D eigenvalue weighted by Gasteiger charge is -2.37. The maximum atomic E-state index is 13.9. The van der Waals surface area contributed by atoms with Gasteiger partial charge in [-0.2, -0.15) is 0 Å². The Bertz CT molecular complexity index is 1020. The molecule has 0 bridgehead atoms. The van der Waals surface area contributed by atoms with Gasteiger partial charge in [0.25, 0.3) is 11.8 Å². The van der Waals surface area contributed by atoms with E-state index in [2.05, 4.69) is 10.3 Å². The molecule has 1 aromatic carbocycles. The number of amides is 3. The van der Waals surface area contributed by atoms with Gasteiger partial charge in [-0.15, -0.1) is 0 Å². The number of aromatic nitrogens is 1. The van der Waals surface area contributed by atoms with E-state index in [0.29, 0.717) is 63.5 Å². The summed E-state index contributed by atoms with van der Waals surface area (Å²) in [5.74, 6) is -2.38. The molecule has 0 spiro atoms. The Hall–Kier alpha value is -3.36. The van der Waals surface area contributed by atoms with Crippen LogP contribution in [0.1, 0.15) is 46.4 Å². The molecule has 2 aliphatic heterocycles. The average molecular weight is 456 g/mol. The van der Waals surface area contributed by atoms with Gasteiger partial charge in [-0.1, -0.05) is 0 Å². The molecule has 9 heteroatoms. The molecule has 4 rings (SSSR count). The zero-order valence-corrected chi connectivity index (χ0v) is 18.2. The van der Waals surface area contributed by atoms with E-state index in [1.807, 2.05) is 4.90 Å². The van der Waals surface area contributed by atoms with Gasteiger partial charge in [-0.25, -0.2) is 8.78 Å². The van der Waals surface area contributed by atoms with Crippen molar-refractivity contribution in [1.29, 1.82) is 0 Å². The molecule has 2 fully saturated rings. The van der Waals surface area contributed by atoms with E-state index in [1.165, 1.54) is 11.1 Å². The van der Waals surface area contributed by atoms with Crippen molar-refractivity contribution in [2.75, 3.05) is 26.2 Å². The van der Waals surface area contributed by atoms with E-state index in [9.17, 15) is 23.2 Å². The molecule has 1 N–H and O–H groups in total. The van der Waals surface area contributed by atoms with Crippen LogP contribution in [0.5, 0.6) is 0 Å². The second kappa shape index (κ2) is 10.1. The minimum Gasteiger partial charge on any atom is -0.349 e. The molecule has 0 saturated carbocycles. The number of pyridine rings is 1. The third kappa shape index (κ3) is 5.35. The van der Waals surface area contributed by atoms with Gasteiger partial charge in [0, 0.05) is 56.6 Å². The maximum Gasteiger partial charge on any atom is 0.256 e. The van der Waals surface area contributed by atoms with E-state index in [-0.39, 0.29) is 29.3 Å². The van der Waals surface area contributed by atoms with Crippen LogP contribution in [0.2, 0.25) is 0 Å². The lowest BCUT2D eigenvalue weighted by atomic mass is 9.93. The Morgan fingerprint density at radius 1 is 0.939 bits per heavy atom. The Labute approximate surface area is 190 Å². The van der Waals surface area contributed by atoms with Gasteiger partial charge in [0.2, 0.25) is 5.91 Å². The quantitative estimate of drug-likeness (QED) is 0.767. The molecule has 1 aromatic heterocycles. The summed E-state index contributed by atoms with van der Waals surface area (Å²) in [4.78, 5) is 45.1. The number of hydrogen-bond donors (Lipinski definition) is 1. The lowest BCUT2D eigenvalue weighted by molar-refractivity contribution is -0.138. The van der Waals surface area contributed by atoms with Crippen molar-refractivity contribution in [2.45, 2.75) is 31.7 Å². The third-order valence-corrected chi connectivity index (χ3v) is 6.36. The molecule has 2 aromatic rings. The predicted octanol–water partition coefficient (Wildman–Crippen LogP) is 2.63. The molecule has 3 amide bonds. The first-order valence-corrected chi connectivity index (χ1v) is 11.2. The fourth-order valence-electron chi connectivity index (χ4n) is 4.43. The first kappa shape index (κ1) is 22.8. The summed E-state index contributed by atoms with van der Waals surface area (Å²) in [5, 5.41) is 3.00. The standard InChI is InChI=1S/C24H26F2N4O3/c25-18-3-4-20(21(26)14-18)24(33)30-10-5-16(6-11-30)23(32)29-12-7-19(8-13-29)28-22(31)17-2-1-9-27-15-17/h1-4,9,14-16,19H,5-8,10-13H2,(H,28,31). The number of hydrogen-bond acceptors (Lipinski definition) is 4. The summed E-state index contributed by atoms with van der Waals surface area (Å²) in [6.07, 6.45) is 5.51. The van der Waals surface area contributed by atoms with E-state index in [4.69, 9.17) is 0 Å². The Kier molecular flexibility index (Phi) is 6.96. The average Bonchev–Trinajstić information content (AvgIpc) is 2.84. The zero-order chi connectivity index (χ0) is 23.4. The van der Waals surface area contributed by atoms with E-state index < -0.39 is 17.5 Å². The van der Waals surface area contributed by atoms with Crippen molar-refractivity contribution in [3.05, 3.63) is 65.5 Å². The molecule has 0 atom stereocenters. The summed E-state index contributed by atoms with van der Waals surface area (Å²) in [6, 6.07) is 6.35. The molecule has 33 heavy (non-hydrogen) atoms. The highest BCUT2D eigenvalue weighted by atomic mass is 19.1. The highest BCUT2D eigenvalue weighted by Crippen LogP contribution is 2.24. The highest BCUT2D eigenvalue weighted by Gasteiger charge is 2.33. The van der Waals surface area contributed by atoms with Crippen LogP contribution in [0, 0.1) is 17.6 Å². The van der Waals surface area contributed by atoms with Crippen molar-refractivity contribution in [2.24, 2.45) is 5.92 Å². The number of likely N-dealkylation sites (tertiary alicyclic amines) is 2. The Balaban J connectivity index is 1.24. The van der Waals surface area contributed by atoms with E-state index in [0.717, 1.165) is 12.1 Å². The number of benzene rings is 1. The van der Waals surface area contributed by atoms with Crippen LogP contribution in [0.15, 0.2) is 42.7 Å². The van der Waals surface area contributed by atoms with Crippen molar-refractivity contribution in [3.63, 3.8) is 0 Å². The van der Waals surface area contributed by atoms with Crippen molar-refractivity contribution >= 4 is 17.7 Å². The Morgan fingerprint density at radius 2 is 1.64 bits per heavy atom. The van der Waals surface area contributed by atoms with Crippen LogP contribution in [0.4, 0.5) is 8.78 Å². The molecule has 0 radical (unpaired) electrons. The fraction of sp³-hybridized carbons (Fsp3) is 0.417. The van der Waals surface area contributed by atoms with Crippen LogP contribution < -0.4 is 5.32 Å². The summed E-state index contributed by atoms with van der Waals surface area (Å²) < 4.78 is 27.0. The predicted molar refractivity (Wildman–Crippen MR) is 116 cm³/mol. The van der Waals surface area contributed by atoms with Crippen LogP contribution in [0.25, 0.3) is 0 Å². The SMILES string of the molecule is O=C(NC1CCN(C(=O)C2CCN(C(=O)c3ccc(F)cc3F)CC2)CC1)c1cccnc1. The molecule has 7 nitrogen and oxygen atoms in total. The number of nitrogens with one attached hydrogen (secondary N) is 1. The minimum absolute atomic E-state index is 0.00632. The maximum absolute atomic E-state index is 13.9. The molecular formula is C24H26F2N4O3. The minimum atomic E-state index is -0.878. The van der Waals surface area contributed by atoms with Crippen molar-refractivity contribution in [3.8, 4) is 0 Å². The third-order valence-electron chi connectivity index (χ3n) is 6.36. The van der Waals surface area contributed by atoms with Gasteiger partial charge in [0.1, 0.15) is 11.6 Å². The second-order valence-corrected chi connectivity index (χ2v) is 8.51. The van der Waals surface area contributed by atoms with Crippen LogP contribution >= 0.6 is 0 Å². The van der Waals surface area contributed by atoms with Crippen molar-refractivity contribution in [1.82, 2.24) is 20.1 Å². The molecule has 3 heterocycles. The number of halogens is 2. The zero-order valence-electron chi connectivity index (χ0n) is 18.2. The van der Waals surface area contributed by atoms with Gasteiger partial charge >= 0.3 is 0 Å². The second-order valence-electron chi connectivity index (χ2n) is 8.51. The van der Waals surface area contributed by atoms with Gasteiger partial charge in [0.15, 0.2) is 0 Å². The number of piperidine rings is 2. The van der Waals surface area contributed by atoms with Gasteiger partial charge in [-0.3, -0.25) is 19.4 Å². The largest absolute Gasteiger partial charge is 0.349 e. The fourth-order valence-corrected chi connectivity index (χ4v) is 4.43. The molecular weight excluding hydrogens is 430 g/mol. The van der Waals surface area contributed by atoms with E-state index >= 15 is 0 Å². The van der Waals surface area contributed by atoms with Crippen molar-refractivity contribution < 1.29 is 23.2 Å². The van der Waals surface area contributed by atoms with Gasteiger partial charge in [0.05, 0.1) is 11.1 Å². The summed E-state index contributed by atoms with van der Waals surface area (Å²) in [5.41, 5.74) is 0.356. The molecule has 2 aliphatic rings. The molecule has 0 unspecified atom stereocenters. The van der Waals surface area contributed by atoms with Crippen LogP contribution in [-0.2, 0) is 4.79 Å².